The highest BCUT2D eigenvalue weighted by Gasteiger charge is 2.28. The number of aliphatic imine (C=N–C) groups is 2. The minimum absolute atomic E-state index is 0.0387. The predicted octanol–water partition coefficient (Wildman–Crippen LogP) is 5.30. The number of hydrogen-bond acceptors (Lipinski definition) is 6. The third kappa shape index (κ3) is 4.89. The lowest BCUT2D eigenvalue weighted by molar-refractivity contribution is -0.129. The summed E-state index contributed by atoms with van der Waals surface area (Å²) >= 11 is 0. The largest absolute Gasteiger partial charge is 0.493 e. The summed E-state index contributed by atoms with van der Waals surface area (Å²) in [5, 5.41) is 9.64. The summed E-state index contributed by atoms with van der Waals surface area (Å²) in [6.07, 6.45) is 0.0466. The summed E-state index contributed by atoms with van der Waals surface area (Å²) in [7, 11) is 0. The van der Waals surface area contributed by atoms with Crippen molar-refractivity contribution in [3.05, 3.63) is 108 Å². The molecule has 0 saturated carbocycles. The quantitative estimate of drug-likeness (QED) is 0.381. The highest BCUT2D eigenvalue weighted by Crippen LogP contribution is 2.27. The standard InChI is InChI=1S/C28H23N3O4/c1-18-23(29-27(35-18)21-10-6-3-7-11-21)16-17-34-22-14-12-19(13-15-22)24-25(28(32)33)31-26(30-24)20-8-4-2-5-9-20/h2-15,26H,16-17H2,1H3,(H,32,33). The van der Waals surface area contributed by atoms with Gasteiger partial charge in [0.1, 0.15) is 17.2 Å². The van der Waals surface area contributed by atoms with E-state index >= 15 is 0 Å². The number of aromatic nitrogens is 1. The number of rotatable bonds is 8. The molecule has 1 aliphatic rings. The number of carboxylic acid groups (broad SMARTS) is 1. The van der Waals surface area contributed by atoms with Crippen molar-refractivity contribution < 1.29 is 19.1 Å². The van der Waals surface area contributed by atoms with Crippen molar-refractivity contribution in [2.75, 3.05) is 6.61 Å². The van der Waals surface area contributed by atoms with Gasteiger partial charge in [0.25, 0.3) is 0 Å². The average Bonchev–Trinajstić information content (AvgIpc) is 3.50. The topological polar surface area (TPSA) is 97.3 Å². The summed E-state index contributed by atoms with van der Waals surface area (Å²) < 4.78 is 11.7. The van der Waals surface area contributed by atoms with Crippen LogP contribution in [-0.2, 0) is 11.2 Å². The maximum Gasteiger partial charge on any atom is 0.356 e. The van der Waals surface area contributed by atoms with Crippen LogP contribution in [0.4, 0.5) is 0 Å². The smallest absolute Gasteiger partial charge is 0.356 e. The third-order valence-electron chi connectivity index (χ3n) is 5.68. The second-order valence-electron chi connectivity index (χ2n) is 8.06. The molecule has 2 heterocycles. The van der Waals surface area contributed by atoms with Crippen LogP contribution in [0.25, 0.3) is 11.5 Å². The lowest BCUT2D eigenvalue weighted by Crippen LogP contribution is -2.22. The summed E-state index contributed by atoms with van der Waals surface area (Å²) in [6.45, 7) is 2.33. The molecule has 0 amide bonds. The van der Waals surface area contributed by atoms with E-state index in [-0.39, 0.29) is 5.71 Å². The molecule has 0 fully saturated rings. The molecule has 0 aliphatic carbocycles. The van der Waals surface area contributed by atoms with Gasteiger partial charge in [-0.2, -0.15) is 0 Å². The molecule has 4 aromatic rings. The molecule has 0 saturated heterocycles. The Kier molecular flexibility index (Phi) is 6.22. The zero-order valence-electron chi connectivity index (χ0n) is 19.1. The highest BCUT2D eigenvalue weighted by molar-refractivity contribution is 6.69. The normalized spacial score (nSPS) is 14.9. The van der Waals surface area contributed by atoms with Crippen LogP contribution in [0.15, 0.2) is 99.3 Å². The van der Waals surface area contributed by atoms with Crippen molar-refractivity contribution in [3.63, 3.8) is 0 Å². The van der Waals surface area contributed by atoms with E-state index in [9.17, 15) is 9.90 Å². The number of aryl methyl sites for hydroxylation is 1. The Balaban J connectivity index is 1.25. The fraction of sp³-hybridized carbons (Fsp3) is 0.143. The van der Waals surface area contributed by atoms with Crippen LogP contribution in [0, 0.1) is 6.92 Å². The molecule has 0 bridgehead atoms. The fourth-order valence-corrected chi connectivity index (χ4v) is 3.88. The second-order valence-corrected chi connectivity index (χ2v) is 8.06. The van der Waals surface area contributed by atoms with Gasteiger partial charge in [-0.05, 0) is 48.9 Å². The SMILES string of the molecule is Cc1oc(-c2ccccc2)nc1CCOc1ccc(C2=NC(c3ccccc3)N=C2C(=O)O)cc1. The monoisotopic (exact) mass is 465 g/mol. The first-order valence-electron chi connectivity index (χ1n) is 11.3. The van der Waals surface area contributed by atoms with Gasteiger partial charge in [0.05, 0.1) is 12.3 Å². The van der Waals surface area contributed by atoms with E-state index in [4.69, 9.17) is 9.15 Å². The molecule has 174 valence electrons. The molecule has 3 aromatic carbocycles. The molecular weight excluding hydrogens is 442 g/mol. The lowest BCUT2D eigenvalue weighted by Gasteiger charge is -2.07. The zero-order valence-corrected chi connectivity index (χ0v) is 19.1. The molecule has 1 atom stereocenters. The van der Waals surface area contributed by atoms with Gasteiger partial charge in [-0.1, -0.05) is 48.5 Å². The van der Waals surface area contributed by atoms with Crippen LogP contribution in [0.5, 0.6) is 5.75 Å². The van der Waals surface area contributed by atoms with E-state index in [1.807, 2.05) is 67.6 Å². The van der Waals surface area contributed by atoms with Crippen molar-refractivity contribution in [3.8, 4) is 17.2 Å². The van der Waals surface area contributed by atoms with Gasteiger partial charge in [0.15, 0.2) is 11.9 Å². The van der Waals surface area contributed by atoms with Crippen molar-refractivity contribution >= 4 is 17.4 Å². The molecule has 1 aliphatic heterocycles. The number of oxazole rings is 1. The van der Waals surface area contributed by atoms with Gasteiger partial charge >= 0.3 is 5.97 Å². The predicted molar refractivity (Wildman–Crippen MR) is 133 cm³/mol. The van der Waals surface area contributed by atoms with E-state index in [0.29, 0.717) is 35.9 Å². The van der Waals surface area contributed by atoms with Gasteiger partial charge in [-0.25, -0.2) is 14.8 Å². The van der Waals surface area contributed by atoms with E-state index in [1.54, 1.807) is 24.3 Å². The summed E-state index contributed by atoms with van der Waals surface area (Å²) in [4.78, 5) is 25.3. The fourth-order valence-electron chi connectivity index (χ4n) is 3.88. The molecule has 0 radical (unpaired) electrons. The Labute approximate surface area is 202 Å². The number of hydrogen-bond donors (Lipinski definition) is 1. The van der Waals surface area contributed by atoms with Crippen molar-refractivity contribution in [2.24, 2.45) is 9.98 Å². The lowest BCUT2D eigenvalue weighted by atomic mass is 10.1. The molecule has 1 unspecified atom stereocenters. The minimum Gasteiger partial charge on any atom is -0.493 e. The van der Waals surface area contributed by atoms with Crippen LogP contribution >= 0.6 is 0 Å². The number of aliphatic carboxylic acids is 1. The van der Waals surface area contributed by atoms with Gasteiger partial charge < -0.3 is 14.3 Å². The second kappa shape index (κ2) is 9.77. The number of carbonyl (C=O) groups is 1. The van der Waals surface area contributed by atoms with Gasteiger partial charge in [-0.3, -0.25) is 4.99 Å². The molecule has 7 nitrogen and oxygen atoms in total. The number of benzene rings is 3. The highest BCUT2D eigenvalue weighted by atomic mass is 16.5. The maximum absolute atomic E-state index is 11.8. The van der Waals surface area contributed by atoms with E-state index in [1.165, 1.54) is 0 Å². The number of nitrogens with zero attached hydrogens (tertiary/aromatic N) is 3. The van der Waals surface area contributed by atoms with Crippen molar-refractivity contribution in [1.82, 2.24) is 4.98 Å². The molecule has 1 N–H and O–H groups in total. The van der Waals surface area contributed by atoms with Crippen molar-refractivity contribution in [2.45, 2.75) is 19.5 Å². The van der Waals surface area contributed by atoms with Crippen LogP contribution in [0.3, 0.4) is 0 Å². The molecule has 5 rings (SSSR count). The maximum atomic E-state index is 11.8. The Morgan fingerprint density at radius 3 is 2.29 bits per heavy atom. The first-order chi connectivity index (χ1) is 17.1. The molecule has 7 heteroatoms. The Hall–Kier alpha value is -4.52. The van der Waals surface area contributed by atoms with Gasteiger partial charge in [0.2, 0.25) is 5.89 Å². The number of carboxylic acids is 1. The molecule has 35 heavy (non-hydrogen) atoms. The van der Waals surface area contributed by atoms with E-state index in [0.717, 1.165) is 22.6 Å². The first kappa shape index (κ1) is 22.3. The Morgan fingerprint density at radius 2 is 1.60 bits per heavy atom. The summed E-state index contributed by atoms with van der Waals surface area (Å²) in [6, 6.07) is 26.4. The summed E-state index contributed by atoms with van der Waals surface area (Å²) in [5.41, 5.74) is 3.64. The summed E-state index contributed by atoms with van der Waals surface area (Å²) in [5.74, 6) is 0.950. The zero-order chi connectivity index (χ0) is 24.2. The Bertz CT molecular complexity index is 1390. The minimum atomic E-state index is -1.10. The van der Waals surface area contributed by atoms with Crippen LogP contribution in [-0.4, -0.2) is 34.1 Å². The van der Waals surface area contributed by atoms with Gasteiger partial charge in [0, 0.05) is 17.5 Å². The number of ether oxygens (including phenoxy) is 1. The first-order valence-corrected chi connectivity index (χ1v) is 11.3. The van der Waals surface area contributed by atoms with Crippen LogP contribution in [0.1, 0.15) is 28.7 Å². The van der Waals surface area contributed by atoms with E-state index < -0.39 is 12.1 Å². The van der Waals surface area contributed by atoms with Gasteiger partial charge in [-0.15, -0.1) is 0 Å². The third-order valence-corrected chi connectivity index (χ3v) is 5.68. The van der Waals surface area contributed by atoms with E-state index in [2.05, 4.69) is 15.0 Å². The van der Waals surface area contributed by atoms with Crippen LogP contribution in [0.2, 0.25) is 0 Å². The molecule has 1 aromatic heterocycles. The van der Waals surface area contributed by atoms with Crippen molar-refractivity contribution in [1.29, 1.82) is 0 Å². The average molecular weight is 466 g/mol. The molecular formula is C28H23N3O4. The molecule has 0 spiro atoms. The van der Waals surface area contributed by atoms with Crippen LogP contribution < -0.4 is 4.74 Å². The Morgan fingerprint density at radius 1 is 0.914 bits per heavy atom.